The first kappa shape index (κ1) is 24.2. The fraction of sp³-hybridized carbons (Fsp3) is 0.0750. The zero-order chi connectivity index (χ0) is 28.7. The van der Waals surface area contributed by atoms with E-state index in [2.05, 4.69) is 140 Å². The van der Waals surface area contributed by atoms with E-state index in [4.69, 9.17) is 9.40 Å². The van der Waals surface area contributed by atoms with Gasteiger partial charge in [0.1, 0.15) is 16.8 Å². The number of para-hydroxylation sites is 1. The smallest absolute Gasteiger partial charge is 0.143 e. The van der Waals surface area contributed by atoms with Gasteiger partial charge in [-0.3, -0.25) is 4.40 Å². The summed E-state index contributed by atoms with van der Waals surface area (Å²) in [7, 11) is 0. The van der Waals surface area contributed by atoms with Crippen LogP contribution in [0, 0.1) is 0 Å². The highest BCUT2D eigenvalue weighted by atomic mass is 16.3. The van der Waals surface area contributed by atoms with Gasteiger partial charge in [-0.25, -0.2) is 4.98 Å². The minimum atomic E-state index is -0.0612. The van der Waals surface area contributed by atoms with Crippen LogP contribution in [0.4, 0.5) is 0 Å². The van der Waals surface area contributed by atoms with Crippen molar-refractivity contribution in [1.82, 2.24) is 9.38 Å². The largest absolute Gasteiger partial charge is 0.455 e. The molecule has 0 atom stereocenters. The summed E-state index contributed by atoms with van der Waals surface area (Å²) in [5.74, 6) is 0. The Labute approximate surface area is 249 Å². The molecule has 0 fully saturated rings. The van der Waals surface area contributed by atoms with E-state index in [1.807, 2.05) is 12.1 Å². The molecule has 0 bridgehead atoms. The molecule has 204 valence electrons. The van der Waals surface area contributed by atoms with Gasteiger partial charge < -0.3 is 4.42 Å². The second kappa shape index (κ2) is 8.80. The summed E-state index contributed by atoms with van der Waals surface area (Å²) in [5.41, 5.74) is 14.6. The number of furan rings is 1. The average molecular weight is 553 g/mol. The maximum absolute atomic E-state index is 6.67. The summed E-state index contributed by atoms with van der Waals surface area (Å²) in [6.07, 6.45) is 2.08. The van der Waals surface area contributed by atoms with Gasteiger partial charge in [-0.05, 0) is 52.1 Å². The quantitative estimate of drug-likeness (QED) is 0.218. The lowest BCUT2D eigenvalue weighted by Gasteiger charge is -2.21. The van der Waals surface area contributed by atoms with Crippen LogP contribution in [0.15, 0.2) is 138 Å². The van der Waals surface area contributed by atoms with E-state index in [1.165, 1.54) is 22.3 Å². The Hall–Kier alpha value is -5.41. The van der Waals surface area contributed by atoms with Crippen molar-refractivity contribution in [3.63, 3.8) is 0 Å². The molecule has 8 aromatic rings. The number of fused-ring (bicyclic) bond motifs is 7. The van der Waals surface area contributed by atoms with Crippen LogP contribution in [0.1, 0.15) is 25.0 Å². The Balaban J connectivity index is 1.18. The van der Waals surface area contributed by atoms with Gasteiger partial charge in [0.25, 0.3) is 0 Å². The van der Waals surface area contributed by atoms with E-state index in [-0.39, 0.29) is 5.41 Å². The molecule has 1 aliphatic carbocycles. The third kappa shape index (κ3) is 3.45. The van der Waals surface area contributed by atoms with Gasteiger partial charge in [-0.1, -0.05) is 117 Å². The number of pyridine rings is 1. The van der Waals surface area contributed by atoms with E-state index >= 15 is 0 Å². The lowest BCUT2D eigenvalue weighted by Crippen LogP contribution is -2.14. The number of rotatable bonds is 3. The molecule has 3 heterocycles. The molecule has 3 heteroatoms. The molecule has 0 unspecified atom stereocenters. The van der Waals surface area contributed by atoms with Crippen LogP contribution in [-0.4, -0.2) is 9.38 Å². The van der Waals surface area contributed by atoms with Crippen molar-refractivity contribution >= 4 is 27.6 Å². The van der Waals surface area contributed by atoms with Gasteiger partial charge in [-0.2, -0.15) is 0 Å². The summed E-state index contributed by atoms with van der Waals surface area (Å²) in [6.45, 7) is 4.62. The van der Waals surface area contributed by atoms with E-state index in [1.54, 1.807) is 0 Å². The van der Waals surface area contributed by atoms with Gasteiger partial charge in [-0.15, -0.1) is 0 Å². The topological polar surface area (TPSA) is 30.4 Å². The number of imidazole rings is 1. The standard InChI is InChI=1S/C40H28N2O/c1-40(2)33-16-7-6-13-29(33)31-23-32-30-15-10-14-28(39(30)43-35(32)24-34(31)40)25-18-20-26(21-19-25)37-38(27-11-4-3-5-12-27)42-22-9-8-17-36(42)41-37/h3-24H,1-2H3. The summed E-state index contributed by atoms with van der Waals surface area (Å²) < 4.78 is 8.84. The normalized spacial score (nSPS) is 13.5. The first-order valence-electron chi connectivity index (χ1n) is 14.8. The van der Waals surface area contributed by atoms with Gasteiger partial charge in [0.05, 0.1) is 11.4 Å². The Kier molecular flexibility index (Phi) is 4.95. The molecule has 0 saturated carbocycles. The molecule has 0 spiro atoms. The van der Waals surface area contributed by atoms with E-state index in [0.29, 0.717) is 0 Å². The van der Waals surface area contributed by atoms with Crippen molar-refractivity contribution in [2.45, 2.75) is 19.3 Å². The van der Waals surface area contributed by atoms with Gasteiger partial charge in [0, 0.05) is 39.1 Å². The first-order valence-corrected chi connectivity index (χ1v) is 14.8. The SMILES string of the molecule is CC1(C)c2ccccc2-c2cc3c(cc21)oc1c(-c2ccc(-c4nc5ccccn5c4-c4ccccc4)cc2)cccc13. The maximum Gasteiger partial charge on any atom is 0.143 e. The third-order valence-electron chi connectivity index (χ3n) is 9.25. The molecule has 0 aliphatic heterocycles. The minimum absolute atomic E-state index is 0.0612. The van der Waals surface area contributed by atoms with Crippen molar-refractivity contribution in [3.8, 4) is 44.8 Å². The molecule has 5 aromatic carbocycles. The third-order valence-corrected chi connectivity index (χ3v) is 9.25. The highest BCUT2D eigenvalue weighted by Gasteiger charge is 2.36. The zero-order valence-electron chi connectivity index (χ0n) is 24.0. The lowest BCUT2D eigenvalue weighted by atomic mass is 9.82. The Morgan fingerprint density at radius 3 is 2.19 bits per heavy atom. The number of nitrogens with zero attached hydrogens (tertiary/aromatic N) is 2. The lowest BCUT2D eigenvalue weighted by molar-refractivity contribution is 0.648. The summed E-state index contributed by atoms with van der Waals surface area (Å²) in [6, 6.07) is 45.2. The molecule has 9 rings (SSSR count). The molecular formula is C40H28N2O. The number of hydrogen-bond donors (Lipinski definition) is 0. The number of benzene rings is 5. The van der Waals surface area contributed by atoms with Crippen LogP contribution in [0.3, 0.4) is 0 Å². The van der Waals surface area contributed by atoms with Crippen molar-refractivity contribution < 1.29 is 4.42 Å². The van der Waals surface area contributed by atoms with Crippen molar-refractivity contribution in [1.29, 1.82) is 0 Å². The highest BCUT2D eigenvalue weighted by Crippen LogP contribution is 2.51. The van der Waals surface area contributed by atoms with Crippen LogP contribution < -0.4 is 0 Å². The van der Waals surface area contributed by atoms with E-state index in [0.717, 1.165) is 61.2 Å². The zero-order valence-corrected chi connectivity index (χ0v) is 24.0. The summed E-state index contributed by atoms with van der Waals surface area (Å²) in [5, 5.41) is 2.31. The second-order valence-electron chi connectivity index (χ2n) is 12.0. The van der Waals surface area contributed by atoms with Crippen LogP contribution in [0.25, 0.3) is 72.4 Å². The van der Waals surface area contributed by atoms with E-state index in [9.17, 15) is 0 Å². The highest BCUT2D eigenvalue weighted by molar-refractivity contribution is 6.11. The molecular weight excluding hydrogens is 524 g/mol. The molecule has 1 aliphatic rings. The summed E-state index contributed by atoms with van der Waals surface area (Å²) in [4.78, 5) is 5.04. The monoisotopic (exact) mass is 552 g/mol. The first-order chi connectivity index (χ1) is 21.1. The van der Waals surface area contributed by atoms with Crippen LogP contribution in [-0.2, 0) is 5.41 Å². The molecule has 0 saturated heterocycles. The molecule has 0 radical (unpaired) electrons. The van der Waals surface area contributed by atoms with Crippen LogP contribution in [0.2, 0.25) is 0 Å². The fourth-order valence-electron chi connectivity index (χ4n) is 7.10. The van der Waals surface area contributed by atoms with Crippen LogP contribution in [0.5, 0.6) is 0 Å². The molecule has 3 aromatic heterocycles. The molecule has 3 nitrogen and oxygen atoms in total. The number of hydrogen-bond acceptors (Lipinski definition) is 2. The Morgan fingerprint density at radius 2 is 1.33 bits per heavy atom. The maximum atomic E-state index is 6.67. The van der Waals surface area contributed by atoms with E-state index < -0.39 is 0 Å². The second-order valence-corrected chi connectivity index (χ2v) is 12.0. The van der Waals surface area contributed by atoms with Crippen molar-refractivity contribution in [2.24, 2.45) is 0 Å². The molecule has 0 N–H and O–H groups in total. The van der Waals surface area contributed by atoms with Gasteiger partial charge in [0.2, 0.25) is 0 Å². The Bertz CT molecular complexity index is 2360. The fourth-order valence-corrected chi connectivity index (χ4v) is 7.10. The molecule has 43 heavy (non-hydrogen) atoms. The number of aromatic nitrogens is 2. The van der Waals surface area contributed by atoms with Gasteiger partial charge >= 0.3 is 0 Å². The molecule has 0 amide bonds. The minimum Gasteiger partial charge on any atom is -0.455 e. The van der Waals surface area contributed by atoms with Crippen LogP contribution >= 0.6 is 0 Å². The van der Waals surface area contributed by atoms with Gasteiger partial charge in [0.15, 0.2) is 0 Å². The van der Waals surface area contributed by atoms with Crippen molar-refractivity contribution in [2.75, 3.05) is 0 Å². The van der Waals surface area contributed by atoms with Crippen molar-refractivity contribution in [3.05, 3.63) is 145 Å². The predicted octanol–water partition coefficient (Wildman–Crippen LogP) is 10.5. The predicted molar refractivity (Wildman–Crippen MR) is 176 cm³/mol. The average Bonchev–Trinajstić information content (AvgIpc) is 3.69. The summed E-state index contributed by atoms with van der Waals surface area (Å²) >= 11 is 0. The Morgan fingerprint density at radius 1 is 0.581 bits per heavy atom.